The van der Waals surface area contributed by atoms with E-state index in [1.54, 1.807) is 24.3 Å². The van der Waals surface area contributed by atoms with Gasteiger partial charge in [-0.1, -0.05) is 38.1 Å². The first-order valence-electron chi connectivity index (χ1n) is 8.93. The van der Waals surface area contributed by atoms with Crippen molar-refractivity contribution in [1.82, 2.24) is 0 Å². The minimum atomic E-state index is -0.360. The van der Waals surface area contributed by atoms with E-state index in [4.69, 9.17) is 21.1 Å². The summed E-state index contributed by atoms with van der Waals surface area (Å²) < 4.78 is 11.0. The summed E-state index contributed by atoms with van der Waals surface area (Å²) in [6.07, 6.45) is 2.53. The van der Waals surface area contributed by atoms with Gasteiger partial charge in [0.2, 0.25) is 5.78 Å². The van der Waals surface area contributed by atoms with E-state index >= 15 is 0 Å². The summed E-state index contributed by atoms with van der Waals surface area (Å²) in [5.74, 6) is 1.32. The Morgan fingerprint density at radius 3 is 2.59 bits per heavy atom. The second-order valence-electron chi connectivity index (χ2n) is 6.69. The van der Waals surface area contributed by atoms with Crippen LogP contribution in [0.4, 0.5) is 0 Å². The maximum Gasteiger partial charge on any atom is 0.311 e. The molecule has 4 nitrogen and oxygen atoms in total. The molecular formula is C22H21ClO4. The number of halogens is 1. The lowest BCUT2D eigenvalue weighted by molar-refractivity contribution is -0.134. The average Bonchev–Trinajstić information content (AvgIpc) is 2.95. The van der Waals surface area contributed by atoms with Crippen molar-refractivity contribution in [3.8, 4) is 11.5 Å². The number of Topliss-reactive ketones (excluding diaryl/α,β-unsaturated/α-hetero) is 1. The quantitative estimate of drug-likeness (QED) is 0.291. The van der Waals surface area contributed by atoms with Crippen molar-refractivity contribution in [3.63, 3.8) is 0 Å². The van der Waals surface area contributed by atoms with Gasteiger partial charge in [0.1, 0.15) is 11.5 Å². The third-order valence-corrected chi connectivity index (χ3v) is 4.56. The van der Waals surface area contributed by atoms with E-state index in [2.05, 4.69) is 13.8 Å². The van der Waals surface area contributed by atoms with Crippen LogP contribution < -0.4 is 9.47 Å². The number of hydrogen-bond acceptors (Lipinski definition) is 4. The number of esters is 1. The molecule has 0 amide bonds. The molecule has 27 heavy (non-hydrogen) atoms. The zero-order chi connectivity index (χ0) is 19.4. The van der Waals surface area contributed by atoms with E-state index in [1.807, 2.05) is 24.3 Å². The Balaban J connectivity index is 1.75. The molecule has 1 aliphatic rings. The summed E-state index contributed by atoms with van der Waals surface area (Å²) in [5.41, 5.74) is 2.59. The third-order valence-electron chi connectivity index (χ3n) is 4.29. The van der Waals surface area contributed by atoms with E-state index in [-0.39, 0.29) is 23.9 Å². The van der Waals surface area contributed by atoms with Gasteiger partial charge >= 0.3 is 5.97 Å². The Morgan fingerprint density at radius 1 is 1.19 bits per heavy atom. The van der Waals surface area contributed by atoms with Crippen LogP contribution in [0.3, 0.4) is 0 Å². The van der Waals surface area contributed by atoms with Crippen LogP contribution in [-0.4, -0.2) is 17.6 Å². The number of ether oxygens (including phenoxy) is 2. The Morgan fingerprint density at radius 2 is 1.93 bits per heavy atom. The molecule has 2 aromatic carbocycles. The zero-order valence-electron chi connectivity index (χ0n) is 15.3. The summed E-state index contributed by atoms with van der Waals surface area (Å²) in [6.45, 7) is 4.27. The van der Waals surface area contributed by atoms with Crippen LogP contribution in [0.1, 0.15) is 54.1 Å². The number of hydrogen-bond donors (Lipinski definition) is 0. The second-order valence-corrected chi connectivity index (χ2v) is 7.06. The summed E-state index contributed by atoms with van der Waals surface area (Å²) in [5, 5.41) is 0. The van der Waals surface area contributed by atoms with Crippen molar-refractivity contribution >= 4 is 29.4 Å². The van der Waals surface area contributed by atoms with Crippen molar-refractivity contribution in [2.24, 2.45) is 0 Å². The number of allylic oxidation sites excluding steroid dienone is 1. The van der Waals surface area contributed by atoms with Crippen molar-refractivity contribution in [1.29, 1.82) is 0 Å². The average molecular weight is 385 g/mol. The van der Waals surface area contributed by atoms with Gasteiger partial charge in [0, 0.05) is 18.4 Å². The summed E-state index contributed by atoms with van der Waals surface area (Å²) in [4.78, 5) is 24.3. The maximum atomic E-state index is 12.5. The van der Waals surface area contributed by atoms with E-state index in [1.165, 1.54) is 5.56 Å². The van der Waals surface area contributed by atoms with Gasteiger partial charge in [-0.05, 0) is 41.7 Å². The molecule has 0 saturated carbocycles. The first-order chi connectivity index (χ1) is 13.0. The standard InChI is InChI=1S/C22H21ClO4/c1-14(2)16-7-5-15(6-8-16)12-20-22(25)18-10-9-17(13-19(18)27-20)26-21(24)4-3-11-23/h5-10,12-14H,3-4,11H2,1-2H3. The minimum Gasteiger partial charge on any atom is -0.452 e. The highest BCUT2D eigenvalue weighted by atomic mass is 35.5. The van der Waals surface area contributed by atoms with Gasteiger partial charge in [-0.25, -0.2) is 0 Å². The lowest BCUT2D eigenvalue weighted by Crippen LogP contribution is -2.07. The van der Waals surface area contributed by atoms with Crippen LogP contribution in [0.25, 0.3) is 6.08 Å². The molecular weight excluding hydrogens is 364 g/mol. The number of fused-ring (bicyclic) bond motifs is 1. The SMILES string of the molecule is CC(C)c1ccc(C=C2Oc3cc(OC(=O)CCCCl)ccc3C2=O)cc1. The molecule has 0 bridgehead atoms. The third kappa shape index (κ3) is 4.58. The molecule has 1 heterocycles. The Hall–Kier alpha value is -2.59. The van der Waals surface area contributed by atoms with Crippen molar-refractivity contribution in [3.05, 3.63) is 64.9 Å². The first-order valence-corrected chi connectivity index (χ1v) is 9.46. The highest BCUT2D eigenvalue weighted by molar-refractivity contribution is 6.18. The van der Waals surface area contributed by atoms with E-state index in [9.17, 15) is 9.59 Å². The van der Waals surface area contributed by atoms with Gasteiger partial charge in [0.15, 0.2) is 5.76 Å². The lowest BCUT2D eigenvalue weighted by Gasteiger charge is -2.05. The smallest absolute Gasteiger partial charge is 0.311 e. The van der Waals surface area contributed by atoms with E-state index < -0.39 is 0 Å². The fourth-order valence-electron chi connectivity index (χ4n) is 2.75. The molecule has 0 fully saturated rings. The molecule has 0 atom stereocenters. The fraction of sp³-hybridized carbons (Fsp3) is 0.273. The van der Waals surface area contributed by atoms with Gasteiger partial charge in [-0.15, -0.1) is 11.6 Å². The summed E-state index contributed by atoms with van der Waals surface area (Å²) in [7, 11) is 0. The normalized spacial score (nSPS) is 14.4. The molecule has 0 spiro atoms. The topological polar surface area (TPSA) is 52.6 Å². The molecule has 0 aromatic heterocycles. The molecule has 0 aliphatic carbocycles. The highest BCUT2D eigenvalue weighted by Crippen LogP contribution is 2.35. The molecule has 5 heteroatoms. The van der Waals surface area contributed by atoms with Crippen molar-refractivity contribution < 1.29 is 19.1 Å². The molecule has 0 radical (unpaired) electrons. The van der Waals surface area contributed by atoms with Crippen LogP contribution in [0.5, 0.6) is 11.5 Å². The van der Waals surface area contributed by atoms with Crippen molar-refractivity contribution in [2.45, 2.75) is 32.6 Å². The Labute approximate surface area is 163 Å². The fourth-order valence-corrected chi connectivity index (χ4v) is 2.89. The van der Waals surface area contributed by atoms with Crippen LogP contribution in [0.15, 0.2) is 48.2 Å². The highest BCUT2D eigenvalue weighted by Gasteiger charge is 2.28. The number of benzene rings is 2. The summed E-state index contributed by atoms with van der Waals surface area (Å²) >= 11 is 5.58. The lowest BCUT2D eigenvalue weighted by atomic mass is 10.0. The number of ketones is 1. The monoisotopic (exact) mass is 384 g/mol. The molecule has 0 unspecified atom stereocenters. The Kier molecular flexibility index (Phi) is 5.97. The number of alkyl halides is 1. The zero-order valence-corrected chi connectivity index (χ0v) is 16.1. The second kappa shape index (κ2) is 8.40. The molecule has 1 aliphatic heterocycles. The first kappa shape index (κ1) is 19.2. The van der Waals surface area contributed by atoms with E-state index in [0.29, 0.717) is 35.3 Å². The van der Waals surface area contributed by atoms with Gasteiger partial charge in [-0.2, -0.15) is 0 Å². The molecule has 140 valence electrons. The van der Waals surface area contributed by atoms with Gasteiger partial charge in [-0.3, -0.25) is 9.59 Å². The maximum absolute atomic E-state index is 12.5. The predicted molar refractivity (Wildman–Crippen MR) is 105 cm³/mol. The number of rotatable bonds is 6. The van der Waals surface area contributed by atoms with Gasteiger partial charge in [0.25, 0.3) is 0 Å². The van der Waals surface area contributed by atoms with Crippen LogP contribution in [0, 0.1) is 0 Å². The number of carbonyl (C=O) groups excluding carboxylic acids is 2. The van der Waals surface area contributed by atoms with Gasteiger partial charge in [0.05, 0.1) is 5.56 Å². The van der Waals surface area contributed by atoms with Crippen LogP contribution in [0.2, 0.25) is 0 Å². The van der Waals surface area contributed by atoms with Crippen LogP contribution >= 0.6 is 11.6 Å². The molecule has 3 rings (SSSR count). The summed E-state index contributed by atoms with van der Waals surface area (Å²) in [6, 6.07) is 12.8. The molecule has 2 aromatic rings. The molecule has 0 saturated heterocycles. The van der Waals surface area contributed by atoms with E-state index in [0.717, 1.165) is 5.56 Å². The number of carbonyl (C=O) groups is 2. The Bertz CT molecular complexity index is 882. The van der Waals surface area contributed by atoms with Crippen LogP contribution in [-0.2, 0) is 4.79 Å². The molecule has 0 N–H and O–H groups in total. The van der Waals surface area contributed by atoms with Gasteiger partial charge < -0.3 is 9.47 Å². The largest absolute Gasteiger partial charge is 0.452 e. The van der Waals surface area contributed by atoms with Crippen molar-refractivity contribution in [2.75, 3.05) is 5.88 Å². The predicted octanol–water partition coefficient (Wildman–Crippen LogP) is 5.35. The minimum absolute atomic E-state index is 0.182.